The van der Waals surface area contributed by atoms with Gasteiger partial charge in [0.05, 0.1) is 12.7 Å². The van der Waals surface area contributed by atoms with Crippen molar-refractivity contribution in [3.63, 3.8) is 0 Å². The van der Waals surface area contributed by atoms with Gasteiger partial charge in [0.15, 0.2) is 11.5 Å². The third kappa shape index (κ3) is 2.08. The second-order valence-electron chi connectivity index (χ2n) is 4.31. The lowest BCUT2D eigenvalue weighted by Gasteiger charge is -2.23. The number of ether oxygens (including phenoxy) is 2. The zero-order chi connectivity index (χ0) is 13.2. The van der Waals surface area contributed by atoms with Crippen LogP contribution in [0.15, 0.2) is 65.7 Å². The summed E-state index contributed by atoms with van der Waals surface area (Å²) in [5, 5.41) is 0. The quantitative estimate of drug-likeness (QED) is 0.798. The molecule has 19 heavy (non-hydrogen) atoms. The largest absolute Gasteiger partial charge is 0.493 e. The van der Waals surface area contributed by atoms with Crippen LogP contribution in [0.5, 0.6) is 0 Å². The summed E-state index contributed by atoms with van der Waals surface area (Å²) < 4.78 is 24.9. The van der Waals surface area contributed by atoms with Crippen LogP contribution in [-0.2, 0) is 9.47 Å². The van der Waals surface area contributed by atoms with Crippen LogP contribution >= 0.6 is 0 Å². The molecule has 1 heterocycles. The van der Waals surface area contributed by atoms with E-state index in [9.17, 15) is 4.39 Å². The number of fused-ring (bicyclic) bond motifs is 1. The van der Waals surface area contributed by atoms with Crippen molar-refractivity contribution in [1.82, 2.24) is 0 Å². The second kappa shape index (κ2) is 4.76. The summed E-state index contributed by atoms with van der Waals surface area (Å²) in [6.07, 6.45) is 8.42. The summed E-state index contributed by atoms with van der Waals surface area (Å²) in [7, 11) is 1.60. The maximum absolute atomic E-state index is 13.8. The lowest BCUT2D eigenvalue weighted by molar-refractivity contribution is 0.264. The molecule has 0 aromatic heterocycles. The standard InChI is InChI=1S/C16H13FO2/c1-18-15-8-4-5-11-9-10-14(19-16(11)15)12-6-2-3-7-13(12)17/h2-4,6-10H,5H2,1H3. The zero-order valence-electron chi connectivity index (χ0n) is 10.5. The molecule has 0 fully saturated rings. The van der Waals surface area contributed by atoms with Crippen LogP contribution in [0.3, 0.4) is 0 Å². The van der Waals surface area contributed by atoms with E-state index < -0.39 is 0 Å². The number of halogens is 1. The molecule has 1 aromatic rings. The average Bonchev–Trinajstić information content (AvgIpc) is 2.46. The molecule has 0 saturated heterocycles. The van der Waals surface area contributed by atoms with E-state index in [1.807, 2.05) is 18.2 Å². The van der Waals surface area contributed by atoms with Crippen LogP contribution in [-0.4, -0.2) is 7.11 Å². The molecule has 3 rings (SSSR count). The number of methoxy groups -OCH3 is 1. The van der Waals surface area contributed by atoms with E-state index >= 15 is 0 Å². The fourth-order valence-corrected chi connectivity index (χ4v) is 2.17. The predicted molar refractivity (Wildman–Crippen MR) is 71.3 cm³/mol. The Morgan fingerprint density at radius 2 is 2.05 bits per heavy atom. The summed E-state index contributed by atoms with van der Waals surface area (Å²) >= 11 is 0. The highest BCUT2D eigenvalue weighted by atomic mass is 19.1. The van der Waals surface area contributed by atoms with Gasteiger partial charge >= 0.3 is 0 Å². The van der Waals surface area contributed by atoms with Gasteiger partial charge in [-0.05, 0) is 30.7 Å². The molecule has 2 aliphatic rings. The molecule has 96 valence electrons. The topological polar surface area (TPSA) is 18.5 Å². The van der Waals surface area contributed by atoms with Gasteiger partial charge < -0.3 is 9.47 Å². The van der Waals surface area contributed by atoms with Crippen LogP contribution in [0.2, 0.25) is 0 Å². The summed E-state index contributed by atoms with van der Waals surface area (Å²) in [4.78, 5) is 0. The van der Waals surface area contributed by atoms with Gasteiger partial charge in [-0.3, -0.25) is 0 Å². The molecule has 0 N–H and O–H groups in total. The molecule has 0 amide bonds. The molecule has 0 radical (unpaired) electrons. The summed E-state index contributed by atoms with van der Waals surface area (Å²) in [6.45, 7) is 0. The van der Waals surface area contributed by atoms with Gasteiger partial charge in [-0.15, -0.1) is 0 Å². The summed E-state index contributed by atoms with van der Waals surface area (Å²) in [5.41, 5.74) is 1.50. The van der Waals surface area contributed by atoms with Crippen molar-refractivity contribution in [3.8, 4) is 0 Å². The van der Waals surface area contributed by atoms with Gasteiger partial charge in [0, 0.05) is 5.57 Å². The highest BCUT2D eigenvalue weighted by Crippen LogP contribution is 2.35. The Kier molecular flexibility index (Phi) is 2.95. The fourth-order valence-electron chi connectivity index (χ4n) is 2.17. The smallest absolute Gasteiger partial charge is 0.172 e. The Morgan fingerprint density at radius 3 is 2.84 bits per heavy atom. The third-order valence-corrected chi connectivity index (χ3v) is 3.13. The molecule has 1 aliphatic heterocycles. The van der Waals surface area contributed by atoms with Gasteiger partial charge in [0.25, 0.3) is 0 Å². The molecule has 1 aromatic carbocycles. The molecular weight excluding hydrogens is 243 g/mol. The lowest BCUT2D eigenvalue weighted by Crippen LogP contribution is -2.08. The first-order valence-electron chi connectivity index (χ1n) is 6.08. The van der Waals surface area contributed by atoms with Crippen LogP contribution in [0.25, 0.3) is 5.76 Å². The van der Waals surface area contributed by atoms with Crippen molar-refractivity contribution in [2.45, 2.75) is 6.42 Å². The van der Waals surface area contributed by atoms with Crippen LogP contribution in [0, 0.1) is 5.82 Å². The fraction of sp³-hybridized carbons (Fsp3) is 0.125. The van der Waals surface area contributed by atoms with Crippen LogP contribution in [0.1, 0.15) is 12.0 Å². The molecule has 2 nitrogen and oxygen atoms in total. The van der Waals surface area contributed by atoms with Crippen molar-refractivity contribution >= 4 is 5.76 Å². The van der Waals surface area contributed by atoms with E-state index in [0.29, 0.717) is 22.8 Å². The number of hydrogen-bond acceptors (Lipinski definition) is 2. The lowest BCUT2D eigenvalue weighted by atomic mass is 10.0. The van der Waals surface area contributed by atoms with Crippen molar-refractivity contribution in [2.75, 3.05) is 7.11 Å². The normalized spacial score (nSPS) is 17.4. The number of hydrogen-bond donors (Lipinski definition) is 0. The van der Waals surface area contributed by atoms with Crippen molar-refractivity contribution in [3.05, 3.63) is 77.0 Å². The SMILES string of the molecule is COC1=C2OC(c3ccccc3F)=CC=C2CC=C1. The Morgan fingerprint density at radius 1 is 1.21 bits per heavy atom. The van der Waals surface area contributed by atoms with Crippen molar-refractivity contribution in [2.24, 2.45) is 0 Å². The molecule has 1 aliphatic carbocycles. The van der Waals surface area contributed by atoms with E-state index in [2.05, 4.69) is 0 Å². The van der Waals surface area contributed by atoms with Crippen molar-refractivity contribution < 1.29 is 13.9 Å². The first-order valence-corrected chi connectivity index (χ1v) is 6.08. The Balaban J connectivity index is 2.03. The maximum Gasteiger partial charge on any atom is 0.172 e. The maximum atomic E-state index is 13.8. The molecular formula is C16H13FO2. The van der Waals surface area contributed by atoms with Crippen molar-refractivity contribution in [1.29, 1.82) is 0 Å². The monoisotopic (exact) mass is 256 g/mol. The molecule has 0 bridgehead atoms. The van der Waals surface area contributed by atoms with E-state index in [4.69, 9.17) is 9.47 Å². The van der Waals surface area contributed by atoms with Crippen LogP contribution < -0.4 is 0 Å². The van der Waals surface area contributed by atoms with Gasteiger partial charge in [0.1, 0.15) is 11.6 Å². The highest BCUT2D eigenvalue weighted by molar-refractivity contribution is 5.66. The van der Waals surface area contributed by atoms with E-state index in [1.54, 1.807) is 31.4 Å². The second-order valence-corrected chi connectivity index (χ2v) is 4.31. The first kappa shape index (κ1) is 11.8. The van der Waals surface area contributed by atoms with Gasteiger partial charge in [-0.1, -0.05) is 24.3 Å². The third-order valence-electron chi connectivity index (χ3n) is 3.13. The minimum Gasteiger partial charge on any atom is -0.493 e. The Hall–Kier alpha value is -2.29. The minimum atomic E-state index is -0.295. The zero-order valence-corrected chi connectivity index (χ0v) is 10.5. The summed E-state index contributed by atoms with van der Waals surface area (Å²) in [6, 6.07) is 6.57. The van der Waals surface area contributed by atoms with Gasteiger partial charge in [-0.25, -0.2) is 4.39 Å². The Bertz CT molecular complexity index is 636. The molecule has 0 spiro atoms. The number of benzene rings is 1. The molecule has 3 heteroatoms. The van der Waals surface area contributed by atoms with Gasteiger partial charge in [0.2, 0.25) is 0 Å². The summed E-state index contributed by atoms with van der Waals surface area (Å²) in [5.74, 6) is 1.54. The van der Waals surface area contributed by atoms with Gasteiger partial charge in [-0.2, -0.15) is 0 Å². The highest BCUT2D eigenvalue weighted by Gasteiger charge is 2.22. The first-order chi connectivity index (χ1) is 9.29. The van der Waals surface area contributed by atoms with Crippen LogP contribution in [0.4, 0.5) is 4.39 Å². The number of rotatable bonds is 2. The molecule has 0 saturated carbocycles. The van der Waals surface area contributed by atoms with E-state index in [-0.39, 0.29) is 5.82 Å². The van der Waals surface area contributed by atoms with E-state index in [0.717, 1.165) is 12.0 Å². The minimum absolute atomic E-state index is 0.295. The van der Waals surface area contributed by atoms with E-state index in [1.165, 1.54) is 6.07 Å². The average molecular weight is 256 g/mol. The molecule has 0 unspecified atom stereocenters. The predicted octanol–water partition coefficient (Wildman–Crippen LogP) is 3.94. The molecule has 0 atom stereocenters. The Labute approximate surface area is 111 Å². The number of allylic oxidation sites excluding steroid dienone is 5.